The van der Waals surface area contributed by atoms with Gasteiger partial charge in [0.05, 0.1) is 18.1 Å². The van der Waals surface area contributed by atoms with E-state index in [-0.39, 0.29) is 18.7 Å². The summed E-state index contributed by atoms with van der Waals surface area (Å²) in [6.07, 6.45) is -0.670. The number of hydrogen-bond donors (Lipinski definition) is 1. The van der Waals surface area contributed by atoms with Gasteiger partial charge in [-0.1, -0.05) is 91.0 Å². The minimum Gasteiger partial charge on any atom is -0.448 e. The van der Waals surface area contributed by atoms with Crippen molar-refractivity contribution in [3.63, 3.8) is 0 Å². The first kappa shape index (κ1) is 24.2. The lowest BCUT2D eigenvalue weighted by atomic mass is 9.97. The molecular formula is C29H24N2O6S. The number of carbonyl (C=O) groups is 4. The van der Waals surface area contributed by atoms with Gasteiger partial charge < -0.3 is 14.8 Å². The van der Waals surface area contributed by atoms with Gasteiger partial charge in [0.1, 0.15) is 11.4 Å². The molecule has 8 nitrogen and oxygen atoms in total. The van der Waals surface area contributed by atoms with E-state index >= 15 is 0 Å². The molecule has 38 heavy (non-hydrogen) atoms. The van der Waals surface area contributed by atoms with Crippen LogP contribution in [0.2, 0.25) is 0 Å². The molecule has 9 heteroatoms. The highest BCUT2D eigenvalue weighted by molar-refractivity contribution is 8.01. The largest absolute Gasteiger partial charge is 0.448 e. The maximum atomic E-state index is 13.9. The number of hydrogen-bond acceptors (Lipinski definition) is 7. The number of β-lactam (4-membered cyclic amide) rings is 1. The van der Waals surface area contributed by atoms with E-state index in [9.17, 15) is 19.2 Å². The molecule has 192 valence electrons. The van der Waals surface area contributed by atoms with Crippen LogP contribution in [-0.4, -0.2) is 51.0 Å². The number of carbonyl (C=O) groups excluding carboxylic acids is 4. The van der Waals surface area contributed by atoms with Crippen LogP contribution in [0.4, 0.5) is 0 Å². The molecule has 3 heterocycles. The first-order chi connectivity index (χ1) is 18.5. The van der Waals surface area contributed by atoms with Crippen molar-refractivity contribution in [2.24, 2.45) is 0 Å². The molecule has 1 N–H and O–H groups in total. The number of ether oxygens (including phenoxy) is 2. The maximum absolute atomic E-state index is 13.9. The number of rotatable bonds is 7. The van der Waals surface area contributed by atoms with E-state index in [0.717, 1.165) is 16.7 Å². The smallest absolute Gasteiger partial charge is 0.375 e. The van der Waals surface area contributed by atoms with E-state index in [1.807, 2.05) is 91.0 Å². The summed E-state index contributed by atoms with van der Waals surface area (Å²) in [7, 11) is 0. The molecule has 3 aliphatic heterocycles. The Labute approximate surface area is 223 Å². The predicted molar refractivity (Wildman–Crippen MR) is 138 cm³/mol. The highest BCUT2D eigenvalue weighted by Crippen LogP contribution is 2.56. The third kappa shape index (κ3) is 4.03. The molecule has 4 atom stereocenters. The van der Waals surface area contributed by atoms with Crippen LogP contribution < -0.4 is 5.32 Å². The zero-order valence-corrected chi connectivity index (χ0v) is 21.0. The first-order valence-electron chi connectivity index (χ1n) is 12.3. The molecule has 0 bridgehead atoms. The molecule has 6 rings (SSSR count). The van der Waals surface area contributed by atoms with Crippen LogP contribution >= 0.6 is 11.8 Å². The minimum atomic E-state index is -1.87. The number of nitrogens with one attached hydrogen (secondary N) is 1. The SMILES string of the molecule is O=C(Cc1ccccc1)N[C@@H]1C(=O)N2[C@@H]1S[C@H]1CC(=O)O[C@]12C(=O)OC(c1ccccc1)c1ccccc1. The molecule has 2 amide bonds. The highest BCUT2D eigenvalue weighted by Gasteiger charge is 2.75. The Morgan fingerprint density at radius 2 is 1.53 bits per heavy atom. The van der Waals surface area contributed by atoms with Gasteiger partial charge in [-0.3, -0.25) is 19.3 Å². The summed E-state index contributed by atoms with van der Waals surface area (Å²) in [4.78, 5) is 53.5. The second kappa shape index (κ2) is 9.64. The van der Waals surface area contributed by atoms with E-state index in [4.69, 9.17) is 9.47 Å². The van der Waals surface area contributed by atoms with Gasteiger partial charge in [0.2, 0.25) is 5.91 Å². The fourth-order valence-electron chi connectivity index (χ4n) is 5.23. The topological polar surface area (TPSA) is 102 Å². The Bertz CT molecular complexity index is 1350. The van der Waals surface area contributed by atoms with Crippen LogP contribution in [-0.2, 0) is 35.1 Å². The number of esters is 2. The van der Waals surface area contributed by atoms with Crippen LogP contribution in [0.1, 0.15) is 29.2 Å². The summed E-state index contributed by atoms with van der Waals surface area (Å²) in [6.45, 7) is 0. The van der Waals surface area contributed by atoms with Crippen molar-refractivity contribution in [1.29, 1.82) is 0 Å². The van der Waals surface area contributed by atoms with E-state index in [0.29, 0.717) is 0 Å². The summed E-state index contributed by atoms with van der Waals surface area (Å²) in [5.41, 5.74) is 0.442. The summed E-state index contributed by atoms with van der Waals surface area (Å²) in [6, 6.07) is 26.9. The Hall–Kier alpha value is -4.11. The number of thioether (sulfide) groups is 1. The highest BCUT2D eigenvalue weighted by atomic mass is 32.2. The van der Waals surface area contributed by atoms with Gasteiger partial charge in [-0.05, 0) is 16.7 Å². The molecule has 0 unspecified atom stereocenters. The summed E-state index contributed by atoms with van der Waals surface area (Å²) < 4.78 is 11.7. The van der Waals surface area contributed by atoms with Crippen LogP contribution in [0.15, 0.2) is 91.0 Å². The lowest BCUT2D eigenvalue weighted by molar-refractivity contribution is -0.209. The molecule has 0 radical (unpaired) electrons. The van der Waals surface area contributed by atoms with Gasteiger partial charge in [0.15, 0.2) is 6.10 Å². The molecule has 3 fully saturated rings. The predicted octanol–water partition coefficient (Wildman–Crippen LogP) is 2.97. The Morgan fingerprint density at radius 3 is 2.13 bits per heavy atom. The third-order valence-corrected chi connectivity index (χ3v) is 8.59. The second-order valence-corrected chi connectivity index (χ2v) is 10.7. The zero-order chi connectivity index (χ0) is 26.3. The van der Waals surface area contributed by atoms with E-state index in [1.54, 1.807) is 0 Å². The van der Waals surface area contributed by atoms with Crippen molar-refractivity contribution in [3.8, 4) is 0 Å². The average Bonchev–Trinajstić information content (AvgIpc) is 3.41. The lowest BCUT2D eigenvalue weighted by Gasteiger charge is -2.47. The van der Waals surface area contributed by atoms with Crippen molar-refractivity contribution in [2.75, 3.05) is 0 Å². The number of amides is 2. The van der Waals surface area contributed by atoms with Crippen molar-refractivity contribution in [3.05, 3.63) is 108 Å². The average molecular weight is 529 g/mol. The second-order valence-electron chi connectivity index (χ2n) is 9.41. The van der Waals surface area contributed by atoms with E-state index in [2.05, 4.69) is 5.32 Å². The van der Waals surface area contributed by atoms with Gasteiger partial charge in [-0.15, -0.1) is 11.8 Å². The molecule has 0 saturated carbocycles. The first-order valence-corrected chi connectivity index (χ1v) is 13.3. The fourth-order valence-corrected chi connectivity index (χ4v) is 6.96. The molecule has 3 aliphatic rings. The van der Waals surface area contributed by atoms with Gasteiger partial charge in [-0.2, -0.15) is 0 Å². The van der Waals surface area contributed by atoms with Crippen molar-refractivity contribution >= 4 is 35.5 Å². The van der Waals surface area contributed by atoms with Crippen LogP contribution in [0.5, 0.6) is 0 Å². The third-order valence-electron chi connectivity index (χ3n) is 7.01. The molecule has 3 saturated heterocycles. The minimum absolute atomic E-state index is 0.0356. The van der Waals surface area contributed by atoms with Crippen LogP contribution in [0, 0.1) is 0 Å². The molecule has 0 aliphatic carbocycles. The molecule has 3 aromatic carbocycles. The molecule has 3 aromatic rings. The van der Waals surface area contributed by atoms with E-state index in [1.165, 1.54) is 16.7 Å². The van der Waals surface area contributed by atoms with Crippen molar-refractivity contribution in [2.45, 2.75) is 41.3 Å². The van der Waals surface area contributed by atoms with Crippen LogP contribution in [0.25, 0.3) is 0 Å². The molecule has 0 aromatic heterocycles. The summed E-state index contributed by atoms with van der Waals surface area (Å²) in [5.74, 6) is -2.15. The number of benzene rings is 3. The number of fused-ring (bicyclic) bond motifs is 3. The molecular weight excluding hydrogens is 504 g/mol. The quantitative estimate of drug-likeness (QED) is 0.372. The van der Waals surface area contributed by atoms with Gasteiger partial charge >= 0.3 is 11.9 Å². The Kier molecular flexibility index (Phi) is 6.15. The fraction of sp³-hybridized carbons (Fsp3) is 0.241. The van der Waals surface area contributed by atoms with Gasteiger partial charge in [-0.25, -0.2) is 4.79 Å². The lowest BCUT2D eigenvalue weighted by Crippen LogP contribution is -2.75. The van der Waals surface area contributed by atoms with Gasteiger partial charge in [0.25, 0.3) is 11.6 Å². The maximum Gasteiger partial charge on any atom is 0.375 e. The van der Waals surface area contributed by atoms with Crippen LogP contribution in [0.3, 0.4) is 0 Å². The van der Waals surface area contributed by atoms with Crippen molar-refractivity contribution < 1.29 is 28.7 Å². The standard InChI is InChI=1S/C29H24N2O6S/c32-22(16-18-10-4-1-5-11-18)30-24-26(34)31-27(24)38-21-17-23(33)37-29(21,31)28(35)36-25(19-12-6-2-7-13-19)20-14-8-3-9-15-20/h1-15,21,24-25,27H,16-17H2,(H,30,32)/t21-,24+,27+,29-/m0/s1. The molecule has 0 spiro atoms. The Balaban J connectivity index is 1.24. The number of nitrogens with zero attached hydrogens (tertiary/aromatic N) is 1. The normalized spacial score (nSPS) is 25.3. The monoisotopic (exact) mass is 528 g/mol. The van der Waals surface area contributed by atoms with E-state index < -0.39 is 46.3 Å². The zero-order valence-electron chi connectivity index (χ0n) is 20.2. The summed E-state index contributed by atoms with van der Waals surface area (Å²) >= 11 is 1.28. The Morgan fingerprint density at radius 1 is 0.947 bits per heavy atom. The van der Waals surface area contributed by atoms with Gasteiger partial charge in [0, 0.05) is 0 Å². The summed E-state index contributed by atoms with van der Waals surface area (Å²) in [5, 5.41) is 1.61. The van der Waals surface area contributed by atoms with Crippen molar-refractivity contribution in [1.82, 2.24) is 10.2 Å².